The van der Waals surface area contributed by atoms with Gasteiger partial charge in [0.15, 0.2) is 0 Å². The highest BCUT2D eigenvalue weighted by atomic mass is 16.2. The fraction of sp³-hybridized carbons (Fsp3) is 0.385. The molecule has 5 heteroatoms. The van der Waals surface area contributed by atoms with Crippen LogP contribution >= 0.6 is 0 Å². The van der Waals surface area contributed by atoms with Crippen molar-refractivity contribution in [2.24, 2.45) is 5.73 Å². The van der Waals surface area contributed by atoms with Crippen LogP contribution in [0.25, 0.3) is 0 Å². The van der Waals surface area contributed by atoms with Crippen LogP contribution < -0.4 is 16.0 Å². The molecule has 1 rings (SSSR count). The van der Waals surface area contributed by atoms with Gasteiger partial charge in [-0.25, -0.2) is 9.69 Å². The summed E-state index contributed by atoms with van der Waals surface area (Å²) in [5.74, 6) is 0.441. The summed E-state index contributed by atoms with van der Waals surface area (Å²) in [7, 11) is 1.70. The number of hydrogen-bond donors (Lipinski definition) is 2. The second-order valence-corrected chi connectivity index (χ2v) is 4.04. The van der Waals surface area contributed by atoms with Crippen molar-refractivity contribution in [1.29, 1.82) is 0 Å². The van der Waals surface area contributed by atoms with Crippen molar-refractivity contribution in [3.05, 3.63) is 35.9 Å². The van der Waals surface area contributed by atoms with Gasteiger partial charge in [0, 0.05) is 13.2 Å². The van der Waals surface area contributed by atoms with Crippen molar-refractivity contribution in [2.75, 3.05) is 11.9 Å². The van der Waals surface area contributed by atoms with Gasteiger partial charge in [0.2, 0.25) is 0 Å². The Morgan fingerprint density at radius 3 is 2.78 bits per heavy atom. The number of carbonyl (C=O) groups is 1. The Kier molecular flexibility index (Phi) is 4.71. The first kappa shape index (κ1) is 14.0. The topological polar surface area (TPSA) is 71.2 Å². The molecule has 0 fully saturated rings. The van der Waals surface area contributed by atoms with Gasteiger partial charge in [0.1, 0.15) is 5.82 Å². The predicted octanol–water partition coefficient (Wildman–Crippen LogP) is 1.92. The molecule has 0 bridgehead atoms. The van der Waals surface area contributed by atoms with Crippen molar-refractivity contribution in [3.8, 4) is 0 Å². The van der Waals surface area contributed by atoms with Crippen molar-refractivity contribution in [3.63, 3.8) is 0 Å². The molecule has 0 aliphatic rings. The molecule has 2 amide bonds. The number of nitrogens with two attached hydrogens (primary N) is 1. The number of primary amides is 1. The third-order valence-corrected chi connectivity index (χ3v) is 2.69. The maximum atomic E-state index is 11.6. The molecule has 98 valence electrons. The second-order valence-electron chi connectivity index (χ2n) is 4.04. The highest BCUT2D eigenvalue weighted by molar-refractivity contribution is 5.95. The first-order valence-corrected chi connectivity index (χ1v) is 5.93. The number of aromatic nitrogens is 1. The van der Waals surface area contributed by atoms with Crippen LogP contribution in [-0.4, -0.2) is 18.1 Å². The third-order valence-electron chi connectivity index (χ3n) is 2.69. The second kappa shape index (κ2) is 6.05. The van der Waals surface area contributed by atoms with E-state index in [9.17, 15) is 4.79 Å². The van der Waals surface area contributed by atoms with E-state index >= 15 is 0 Å². The molecule has 0 aliphatic heterocycles. The van der Waals surface area contributed by atoms with Gasteiger partial charge >= 0.3 is 6.03 Å². The lowest BCUT2D eigenvalue weighted by Crippen LogP contribution is -2.40. The van der Waals surface area contributed by atoms with Crippen LogP contribution in [0.4, 0.5) is 10.5 Å². The fourth-order valence-corrected chi connectivity index (χ4v) is 1.82. The lowest BCUT2D eigenvalue weighted by molar-refractivity contribution is 0.255. The molecule has 0 unspecified atom stereocenters. The zero-order chi connectivity index (χ0) is 13.7. The molecule has 1 aromatic rings. The van der Waals surface area contributed by atoms with E-state index in [1.807, 2.05) is 13.0 Å². The Labute approximate surface area is 108 Å². The largest absolute Gasteiger partial charge is 0.375 e. The van der Waals surface area contributed by atoms with Crippen LogP contribution in [-0.2, 0) is 6.42 Å². The maximum absolute atomic E-state index is 11.6. The minimum absolute atomic E-state index is 0.441. The minimum atomic E-state index is -0.567. The standard InChI is InChI=1S/C13H20N4O/c1-5-6-11-12(9(2)7-8-16-11)17(13(14)18)10(3)15-4/h7-8,15H,3,5-6H2,1-2,4H3,(H2,14,18). The Hall–Kier alpha value is -2.04. The Morgan fingerprint density at radius 2 is 2.28 bits per heavy atom. The SMILES string of the molecule is C=C(NC)N(C(N)=O)c1c(C)ccnc1CCC. The fourth-order valence-electron chi connectivity index (χ4n) is 1.82. The van der Waals surface area contributed by atoms with E-state index in [4.69, 9.17) is 5.73 Å². The van der Waals surface area contributed by atoms with Crippen LogP contribution in [0.3, 0.4) is 0 Å². The number of aryl methyl sites for hydroxylation is 2. The predicted molar refractivity (Wildman–Crippen MR) is 73.2 cm³/mol. The highest BCUT2D eigenvalue weighted by Crippen LogP contribution is 2.26. The molecule has 1 heterocycles. The molecule has 0 aromatic carbocycles. The molecule has 0 atom stereocenters. The van der Waals surface area contributed by atoms with E-state index in [0.717, 1.165) is 29.8 Å². The average Bonchev–Trinajstić information content (AvgIpc) is 2.32. The summed E-state index contributed by atoms with van der Waals surface area (Å²) in [5, 5.41) is 2.84. The van der Waals surface area contributed by atoms with E-state index < -0.39 is 6.03 Å². The molecular weight excluding hydrogens is 228 g/mol. The van der Waals surface area contributed by atoms with Crippen LogP contribution in [0.15, 0.2) is 24.7 Å². The zero-order valence-corrected chi connectivity index (χ0v) is 11.2. The van der Waals surface area contributed by atoms with Crippen LogP contribution in [0, 0.1) is 6.92 Å². The van der Waals surface area contributed by atoms with Gasteiger partial charge in [-0.1, -0.05) is 19.9 Å². The first-order chi connectivity index (χ1) is 8.52. The summed E-state index contributed by atoms with van der Waals surface area (Å²) >= 11 is 0. The molecular formula is C13H20N4O. The van der Waals surface area contributed by atoms with E-state index in [0.29, 0.717) is 5.82 Å². The lowest BCUT2D eigenvalue weighted by atomic mass is 10.1. The van der Waals surface area contributed by atoms with Crippen molar-refractivity contribution >= 4 is 11.7 Å². The van der Waals surface area contributed by atoms with E-state index in [1.165, 1.54) is 4.90 Å². The number of urea groups is 1. The first-order valence-electron chi connectivity index (χ1n) is 5.93. The maximum Gasteiger partial charge on any atom is 0.325 e. The Morgan fingerprint density at radius 1 is 1.61 bits per heavy atom. The van der Waals surface area contributed by atoms with Crippen molar-refractivity contribution in [1.82, 2.24) is 10.3 Å². The number of anilines is 1. The number of rotatable bonds is 5. The van der Waals surface area contributed by atoms with Gasteiger partial charge in [0.05, 0.1) is 11.4 Å². The monoisotopic (exact) mass is 248 g/mol. The van der Waals surface area contributed by atoms with E-state index in [-0.39, 0.29) is 0 Å². The summed E-state index contributed by atoms with van der Waals surface area (Å²) in [6.45, 7) is 7.79. The molecule has 0 saturated heterocycles. The number of hydrogen-bond acceptors (Lipinski definition) is 3. The number of nitrogens with one attached hydrogen (secondary N) is 1. The molecule has 0 radical (unpaired) electrons. The summed E-state index contributed by atoms with van der Waals surface area (Å²) in [6, 6.07) is 1.29. The number of pyridine rings is 1. The number of nitrogens with zero attached hydrogens (tertiary/aromatic N) is 2. The smallest absolute Gasteiger partial charge is 0.325 e. The van der Waals surface area contributed by atoms with Gasteiger partial charge in [-0.15, -0.1) is 0 Å². The molecule has 5 nitrogen and oxygen atoms in total. The van der Waals surface area contributed by atoms with Gasteiger partial charge < -0.3 is 11.1 Å². The lowest BCUT2D eigenvalue weighted by Gasteiger charge is -2.25. The molecule has 18 heavy (non-hydrogen) atoms. The normalized spacial score (nSPS) is 9.94. The molecule has 3 N–H and O–H groups in total. The van der Waals surface area contributed by atoms with Gasteiger partial charge in [-0.2, -0.15) is 0 Å². The average molecular weight is 248 g/mol. The van der Waals surface area contributed by atoms with Gasteiger partial charge in [-0.3, -0.25) is 4.98 Å². The Balaban J connectivity index is 3.34. The van der Waals surface area contributed by atoms with Crippen LogP contribution in [0.2, 0.25) is 0 Å². The summed E-state index contributed by atoms with van der Waals surface area (Å²) in [6.07, 6.45) is 3.48. The van der Waals surface area contributed by atoms with E-state index in [2.05, 4.69) is 23.8 Å². The molecule has 0 aliphatic carbocycles. The van der Waals surface area contributed by atoms with Crippen molar-refractivity contribution < 1.29 is 4.79 Å². The molecule has 1 aromatic heterocycles. The highest BCUT2D eigenvalue weighted by Gasteiger charge is 2.21. The summed E-state index contributed by atoms with van der Waals surface area (Å²) < 4.78 is 0. The molecule has 0 spiro atoms. The van der Waals surface area contributed by atoms with Crippen molar-refractivity contribution in [2.45, 2.75) is 26.7 Å². The minimum Gasteiger partial charge on any atom is -0.375 e. The Bertz CT molecular complexity index is 456. The van der Waals surface area contributed by atoms with Crippen LogP contribution in [0.1, 0.15) is 24.6 Å². The third kappa shape index (κ3) is 2.80. The van der Waals surface area contributed by atoms with E-state index in [1.54, 1.807) is 13.2 Å². The summed E-state index contributed by atoms with van der Waals surface area (Å²) in [4.78, 5) is 17.3. The van der Waals surface area contributed by atoms with Gasteiger partial charge in [0.25, 0.3) is 0 Å². The molecule has 0 saturated carbocycles. The zero-order valence-electron chi connectivity index (χ0n) is 11.2. The number of amides is 2. The number of carbonyl (C=O) groups excluding carboxylic acids is 1. The van der Waals surface area contributed by atoms with Gasteiger partial charge in [-0.05, 0) is 25.0 Å². The quantitative estimate of drug-likeness (QED) is 0.836. The summed E-state index contributed by atoms with van der Waals surface area (Å²) in [5.41, 5.74) is 7.97. The van der Waals surface area contributed by atoms with Crippen LogP contribution in [0.5, 0.6) is 0 Å².